The number of esters is 2. The molecule has 0 bridgehead atoms. The maximum atomic E-state index is 12.4. The Labute approximate surface area is 179 Å². The minimum atomic E-state index is -1.55. The molecule has 0 aromatic rings. The molecule has 0 aliphatic carbocycles. The van der Waals surface area contributed by atoms with Crippen LogP contribution in [-0.4, -0.2) is 46.3 Å². The summed E-state index contributed by atoms with van der Waals surface area (Å²) in [5, 5.41) is 18.8. The smallest absolute Gasteiger partial charge is 0.317 e. The fraction of sp³-hybridized carbons (Fsp3) is 0.818. The van der Waals surface area contributed by atoms with Gasteiger partial charge in [0.05, 0.1) is 0 Å². The monoisotopic (exact) mass is 430 g/mol. The van der Waals surface area contributed by atoms with Crippen molar-refractivity contribution in [3.63, 3.8) is 0 Å². The van der Waals surface area contributed by atoms with E-state index in [1.165, 1.54) is 0 Å². The highest BCUT2D eigenvalue weighted by molar-refractivity contribution is 5.78. The number of rotatable bonds is 17. The summed E-state index contributed by atoms with van der Waals surface area (Å²) in [5.74, 6) is -2.94. The number of carbonyl (C=O) groups is 4. The second-order valence-electron chi connectivity index (χ2n) is 7.77. The Balaban J connectivity index is 5.26. The maximum absolute atomic E-state index is 12.4. The van der Waals surface area contributed by atoms with E-state index < -0.39 is 41.5 Å². The van der Waals surface area contributed by atoms with Crippen LogP contribution in [0, 0.1) is 5.41 Å². The Morgan fingerprint density at radius 2 is 1.17 bits per heavy atom. The van der Waals surface area contributed by atoms with Crippen LogP contribution in [-0.2, 0) is 28.7 Å². The van der Waals surface area contributed by atoms with Crippen molar-refractivity contribution in [2.24, 2.45) is 5.41 Å². The average molecular weight is 431 g/mol. The molecule has 0 aromatic carbocycles. The predicted molar refractivity (Wildman–Crippen MR) is 111 cm³/mol. The molecule has 0 spiro atoms. The summed E-state index contributed by atoms with van der Waals surface area (Å²) in [6.07, 6.45) is 3.26. The molecule has 0 amide bonds. The van der Waals surface area contributed by atoms with Crippen molar-refractivity contribution in [2.45, 2.75) is 111 Å². The Kier molecular flexibility index (Phi) is 13.8. The van der Waals surface area contributed by atoms with E-state index in [-0.39, 0.29) is 25.7 Å². The molecule has 2 atom stereocenters. The molecule has 0 fully saturated rings. The summed E-state index contributed by atoms with van der Waals surface area (Å²) in [6, 6.07) is 0. The van der Waals surface area contributed by atoms with E-state index in [1.54, 1.807) is 13.8 Å². The van der Waals surface area contributed by atoms with E-state index in [4.69, 9.17) is 14.6 Å². The predicted octanol–water partition coefficient (Wildman–Crippen LogP) is 4.34. The summed E-state index contributed by atoms with van der Waals surface area (Å²) in [6.45, 7) is 6.74. The highest BCUT2D eigenvalue weighted by Crippen LogP contribution is 2.38. The normalized spacial score (nSPS) is 14.9. The van der Waals surface area contributed by atoms with Gasteiger partial charge in [0.2, 0.25) is 0 Å². The van der Waals surface area contributed by atoms with Crippen molar-refractivity contribution in [3.8, 4) is 0 Å². The van der Waals surface area contributed by atoms with Gasteiger partial charge in [0.15, 0.2) is 0 Å². The van der Waals surface area contributed by atoms with Crippen LogP contribution in [0.2, 0.25) is 0 Å². The molecule has 0 saturated heterocycles. The zero-order chi connectivity index (χ0) is 23.2. The van der Waals surface area contributed by atoms with E-state index in [0.717, 1.165) is 12.8 Å². The van der Waals surface area contributed by atoms with Crippen LogP contribution in [0.3, 0.4) is 0 Å². The molecular formula is C22H38O8. The lowest BCUT2D eigenvalue weighted by Gasteiger charge is -2.39. The first-order chi connectivity index (χ1) is 14.1. The number of carboxylic acids is 2. The van der Waals surface area contributed by atoms with Crippen LogP contribution in [0.15, 0.2) is 0 Å². The van der Waals surface area contributed by atoms with Crippen molar-refractivity contribution in [1.82, 2.24) is 0 Å². The zero-order valence-electron chi connectivity index (χ0n) is 18.8. The van der Waals surface area contributed by atoms with Crippen LogP contribution >= 0.6 is 0 Å². The van der Waals surface area contributed by atoms with Gasteiger partial charge in [-0.15, -0.1) is 0 Å². The van der Waals surface area contributed by atoms with Gasteiger partial charge in [-0.1, -0.05) is 39.5 Å². The Morgan fingerprint density at radius 1 is 0.733 bits per heavy atom. The van der Waals surface area contributed by atoms with Crippen molar-refractivity contribution in [2.75, 3.05) is 0 Å². The second-order valence-corrected chi connectivity index (χ2v) is 7.77. The SMILES string of the molecule is CCCC(=O)OC(C)C(CCCCCCCC(=O)O)(C(=O)O)C(C)OC(=O)CCC. The van der Waals surface area contributed by atoms with Crippen LogP contribution in [0.4, 0.5) is 0 Å². The fourth-order valence-corrected chi connectivity index (χ4v) is 3.55. The van der Waals surface area contributed by atoms with Crippen molar-refractivity contribution < 1.29 is 38.9 Å². The number of carboxylic acid groups (broad SMARTS) is 2. The molecule has 0 radical (unpaired) electrons. The van der Waals surface area contributed by atoms with Gasteiger partial charge in [-0.25, -0.2) is 0 Å². The number of hydrogen-bond acceptors (Lipinski definition) is 6. The Bertz CT molecular complexity index is 531. The molecule has 0 aliphatic rings. The number of hydrogen-bond donors (Lipinski definition) is 2. The highest BCUT2D eigenvalue weighted by Gasteiger charge is 2.52. The van der Waals surface area contributed by atoms with Gasteiger partial charge in [-0.2, -0.15) is 0 Å². The summed E-state index contributed by atoms with van der Waals surface area (Å²) in [4.78, 5) is 46.9. The first-order valence-corrected chi connectivity index (χ1v) is 11.0. The van der Waals surface area contributed by atoms with Gasteiger partial charge < -0.3 is 19.7 Å². The van der Waals surface area contributed by atoms with Gasteiger partial charge in [-0.3, -0.25) is 19.2 Å². The van der Waals surface area contributed by atoms with Crippen molar-refractivity contribution >= 4 is 23.9 Å². The molecule has 30 heavy (non-hydrogen) atoms. The molecular weight excluding hydrogens is 392 g/mol. The molecule has 0 aromatic heterocycles. The average Bonchev–Trinajstić information content (AvgIpc) is 2.63. The third-order valence-corrected chi connectivity index (χ3v) is 5.35. The maximum Gasteiger partial charge on any atom is 0.317 e. The molecule has 0 rings (SSSR count). The number of ether oxygens (including phenoxy) is 2. The lowest BCUT2D eigenvalue weighted by atomic mass is 9.73. The lowest BCUT2D eigenvalue weighted by Crippen LogP contribution is -2.52. The second kappa shape index (κ2) is 14.8. The lowest BCUT2D eigenvalue weighted by molar-refractivity contribution is -0.187. The van der Waals surface area contributed by atoms with E-state index in [2.05, 4.69) is 0 Å². The Morgan fingerprint density at radius 3 is 1.57 bits per heavy atom. The minimum Gasteiger partial charge on any atom is -0.481 e. The molecule has 8 nitrogen and oxygen atoms in total. The minimum absolute atomic E-state index is 0.119. The quantitative estimate of drug-likeness (QED) is 0.258. The van der Waals surface area contributed by atoms with Crippen LogP contribution in [0.5, 0.6) is 0 Å². The van der Waals surface area contributed by atoms with Gasteiger partial charge in [0.1, 0.15) is 17.6 Å². The standard InChI is InChI=1S/C22H38O8/c1-5-12-19(25)29-16(3)22(21(27)28,17(4)30-20(26)13-6-2)15-11-9-7-8-10-14-18(23)24/h16-17H,5-15H2,1-4H3,(H,23,24)(H,27,28). The summed E-state index contributed by atoms with van der Waals surface area (Å²) in [7, 11) is 0. The van der Waals surface area contributed by atoms with Crippen LogP contribution in [0.1, 0.15) is 98.3 Å². The summed E-state index contributed by atoms with van der Waals surface area (Å²) < 4.78 is 10.9. The topological polar surface area (TPSA) is 127 Å². The molecule has 0 aliphatic heterocycles. The number of unbranched alkanes of at least 4 members (excludes halogenated alkanes) is 4. The van der Waals surface area contributed by atoms with Gasteiger partial charge in [0.25, 0.3) is 0 Å². The van der Waals surface area contributed by atoms with E-state index in [0.29, 0.717) is 32.1 Å². The molecule has 8 heteroatoms. The molecule has 2 N–H and O–H groups in total. The molecule has 174 valence electrons. The molecule has 0 saturated carbocycles. The van der Waals surface area contributed by atoms with Crippen molar-refractivity contribution in [3.05, 3.63) is 0 Å². The summed E-state index contributed by atoms with van der Waals surface area (Å²) >= 11 is 0. The van der Waals surface area contributed by atoms with E-state index in [1.807, 2.05) is 13.8 Å². The Hall–Kier alpha value is -2.12. The summed E-state index contributed by atoms with van der Waals surface area (Å²) in [5.41, 5.74) is -1.55. The van der Waals surface area contributed by atoms with E-state index in [9.17, 15) is 24.3 Å². The first kappa shape index (κ1) is 27.9. The largest absolute Gasteiger partial charge is 0.481 e. The van der Waals surface area contributed by atoms with Crippen LogP contribution in [0.25, 0.3) is 0 Å². The number of aliphatic carboxylic acids is 2. The third-order valence-electron chi connectivity index (χ3n) is 5.35. The third kappa shape index (κ3) is 9.59. The van der Waals surface area contributed by atoms with Gasteiger partial charge in [-0.05, 0) is 39.5 Å². The van der Waals surface area contributed by atoms with Gasteiger partial charge >= 0.3 is 23.9 Å². The number of carbonyl (C=O) groups excluding carboxylic acids is 2. The fourth-order valence-electron chi connectivity index (χ4n) is 3.55. The molecule has 2 unspecified atom stereocenters. The van der Waals surface area contributed by atoms with Gasteiger partial charge in [0, 0.05) is 19.3 Å². The van der Waals surface area contributed by atoms with Crippen LogP contribution < -0.4 is 0 Å². The zero-order valence-corrected chi connectivity index (χ0v) is 18.8. The van der Waals surface area contributed by atoms with E-state index >= 15 is 0 Å². The molecule has 0 heterocycles. The van der Waals surface area contributed by atoms with Crippen molar-refractivity contribution in [1.29, 1.82) is 0 Å². The highest BCUT2D eigenvalue weighted by atomic mass is 16.6. The first-order valence-electron chi connectivity index (χ1n) is 11.0.